The Hall–Kier alpha value is -2.76. The van der Waals surface area contributed by atoms with Crippen molar-refractivity contribution in [3.63, 3.8) is 0 Å². The molecule has 1 aromatic heterocycles. The molecule has 2 amide bonds. The second kappa shape index (κ2) is 5.32. The Balaban J connectivity index is 1.73. The molecule has 0 unspecified atom stereocenters. The summed E-state index contributed by atoms with van der Waals surface area (Å²) >= 11 is 0. The summed E-state index contributed by atoms with van der Waals surface area (Å²) in [4.78, 5) is 31.3. The highest BCUT2D eigenvalue weighted by Crippen LogP contribution is 2.38. The molecule has 1 saturated carbocycles. The Morgan fingerprint density at radius 3 is 2.48 bits per heavy atom. The van der Waals surface area contributed by atoms with Crippen molar-refractivity contribution in [1.82, 2.24) is 9.97 Å². The third-order valence-corrected chi connectivity index (χ3v) is 3.34. The molecule has 0 bridgehead atoms. The van der Waals surface area contributed by atoms with E-state index in [0.717, 1.165) is 18.5 Å². The maximum absolute atomic E-state index is 12.1. The topological polar surface area (TPSA) is 98.0 Å². The van der Waals surface area contributed by atoms with Gasteiger partial charge in [0.15, 0.2) is 0 Å². The molecule has 1 fully saturated rings. The number of aromatic nitrogens is 2. The Kier molecular flexibility index (Phi) is 3.35. The molecule has 1 aliphatic carbocycles. The molecular weight excluding hydrogens is 268 g/mol. The van der Waals surface area contributed by atoms with Crippen molar-refractivity contribution in [2.24, 2.45) is 5.73 Å². The summed E-state index contributed by atoms with van der Waals surface area (Å²) in [5.74, 6) is -0.335. The van der Waals surface area contributed by atoms with Gasteiger partial charge in [-0.05, 0) is 43.2 Å². The number of amides is 2. The molecule has 6 heteroatoms. The molecular formula is C15H14N4O2. The van der Waals surface area contributed by atoms with Gasteiger partial charge in [-0.15, -0.1) is 0 Å². The number of anilines is 1. The van der Waals surface area contributed by atoms with E-state index in [-0.39, 0.29) is 5.91 Å². The number of nitrogens with zero attached hydrogens (tertiary/aromatic N) is 2. The number of primary amides is 1. The summed E-state index contributed by atoms with van der Waals surface area (Å²) in [5.41, 5.74) is 7.39. The molecule has 3 rings (SSSR count). The van der Waals surface area contributed by atoms with Crippen molar-refractivity contribution in [2.75, 3.05) is 5.32 Å². The van der Waals surface area contributed by atoms with E-state index in [0.29, 0.717) is 22.9 Å². The molecule has 2 aromatic rings. The minimum Gasteiger partial charge on any atom is -0.366 e. The maximum atomic E-state index is 12.1. The van der Waals surface area contributed by atoms with Crippen molar-refractivity contribution in [1.29, 1.82) is 0 Å². The van der Waals surface area contributed by atoms with Crippen LogP contribution in [-0.2, 0) is 0 Å². The Morgan fingerprint density at radius 2 is 1.86 bits per heavy atom. The highest BCUT2D eigenvalue weighted by molar-refractivity contribution is 6.03. The number of carbonyl (C=O) groups is 2. The van der Waals surface area contributed by atoms with Gasteiger partial charge in [0.2, 0.25) is 5.91 Å². The lowest BCUT2D eigenvalue weighted by Crippen LogP contribution is -2.15. The summed E-state index contributed by atoms with van der Waals surface area (Å²) in [6, 6.07) is 8.11. The lowest BCUT2D eigenvalue weighted by atomic mass is 10.2. The minimum atomic E-state index is -0.502. The van der Waals surface area contributed by atoms with Crippen LogP contribution >= 0.6 is 0 Å². The number of hydrogen-bond acceptors (Lipinski definition) is 4. The monoisotopic (exact) mass is 282 g/mol. The predicted octanol–water partition coefficient (Wildman–Crippen LogP) is 1.71. The van der Waals surface area contributed by atoms with Crippen LogP contribution in [0.4, 0.5) is 5.69 Å². The highest BCUT2D eigenvalue weighted by atomic mass is 16.2. The zero-order valence-corrected chi connectivity index (χ0v) is 11.2. The van der Waals surface area contributed by atoms with Crippen LogP contribution in [0.2, 0.25) is 0 Å². The van der Waals surface area contributed by atoms with Crippen LogP contribution < -0.4 is 11.1 Å². The summed E-state index contributed by atoms with van der Waals surface area (Å²) in [7, 11) is 0. The van der Waals surface area contributed by atoms with Crippen LogP contribution in [0.3, 0.4) is 0 Å². The fourth-order valence-corrected chi connectivity index (χ4v) is 2.01. The lowest BCUT2D eigenvalue weighted by Gasteiger charge is -2.06. The molecule has 1 heterocycles. The lowest BCUT2D eigenvalue weighted by molar-refractivity contribution is 0.0998. The van der Waals surface area contributed by atoms with Crippen LogP contribution in [0, 0.1) is 0 Å². The van der Waals surface area contributed by atoms with Gasteiger partial charge >= 0.3 is 0 Å². The van der Waals surface area contributed by atoms with E-state index >= 15 is 0 Å². The van der Waals surface area contributed by atoms with Crippen molar-refractivity contribution in [3.8, 4) is 0 Å². The summed E-state index contributed by atoms with van der Waals surface area (Å²) < 4.78 is 0. The first kappa shape index (κ1) is 13.2. The predicted molar refractivity (Wildman–Crippen MR) is 76.9 cm³/mol. The van der Waals surface area contributed by atoms with Crippen molar-refractivity contribution >= 4 is 17.5 Å². The molecule has 3 N–H and O–H groups in total. The molecule has 0 saturated heterocycles. The molecule has 0 spiro atoms. The average molecular weight is 282 g/mol. The fourth-order valence-electron chi connectivity index (χ4n) is 2.01. The number of hydrogen-bond donors (Lipinski definition) is 2. The Labute approximate surface area is 121 Å². The van der Waals surface area contributed by atoms with Crippen LogP contribution in [-0.4, -0.2) is 21.8 Å². The molecule has 0 aliphatic heterocycles. The Bertz CT molecular complexity index is 693. The molecule has 1 aliphatic rings. The molecule has 6 nitrogen and oxygen atoms in total. The van der Waals surface area contributed by atoms with Crippen molar-refractivity contribution < 1.29 is 9.59 Å². The van der Waals surface area contributed by atoms with Gasteiger partial charge in [0.05, 0.1) is 0 Å². The second-order valence-electron chi connectivity index (χ2n) is 5.00. The van der Waals surface area contributed by atoms with E-state index < -0.39 is 5.91 Å². The van der Waals surface area contributed by atoms with Crippen LogP contribution in [0.1, 0.15) is 45.3 Å². The second-order valence-corrected chi connectivity index (χ2v) is 5.00. The summed E-state index contributed by atoms with van der Waals surface area (Å²) in [5, 5.41) is 2.73. The van der Waals surface area contributed by atoms with Gasteiger partial charge in [-0.3, -0.25) is 9.59 Å². The summed E-state index contributed by atoms with van der Waals surface area (Å²) in [6.07, 6.45) is 3.65. The number of carbonyl (C=O) groups excluding carboxylic acids is 2. The fraction of sp³-hybridized carbons (Fsp3) is 0.200. The molecule has 21 heavy (non-hydrogen) atoms. The van der Waals surface area contributed by atoms with Crippen molar-refractivity contribution in [3.05, 3.63) is 53.6 Å². The first-order valence-electron chi connectivity index (χ1n) is 6.66. The van der Waals surface area contributed by atoms with Crippen LogP contribution in [0.25, 0.3) is 0 Å². The SMILES string of the molecule is NC(=O)c1ccc(NC(=O)c2cc(C3CC3)ncn2)cc1. The molecule has 0 atom stereocenters. The molecule has 1 aromatic carbocycles. The molecule has 106 valence electrons. The maximum Gasteiger partial charge on any atom is 0.274 e. The van der Waals surface area contributed by atoms with Gasteiger partial charge in [0, 0.05) is 22.9 Å². The van der Waals surface area contributed by atoms with Crippen LogP contribution in [0.15, 0.2) is 36.7 Å². The summed E-state index contributed by atoms with van der Waals surface area (Å²) in [6.45, 7) is 0. The number of benzene rings is 1. The van der Waals surface area contributed by atoms with Gasteiger partial charge < -0.3 is 11.1 Å². The van der Waals surface area contributed by atoms with E-state index in [4.69, 9.17) is 5.73 Å². The first-order chi connectivity index (χ1) is 10.1. The van der Waals surface area contributed by atoms with Crippen molar-refractivity contribution in [2.45, 2.75) is 18.8 Å². The zero-order chi connectivity index (χ0) is 14.8. The van der Waals surface area contributed by atoms with Gasteiger partial charge in [0.1, 0.15) is 12.0 Å². The number of nitrogens with one attached hydrogen (secondary N) is 1. The minimum absolute atomic E-state index is 0.300. The zero-order valence-electron chi connectivity index (χ0n) is 11.2. The van der Waals surface area contributed by atoms with E-state index in [1.54, 1.807) is 30.3 Å². The van der Waals surface area contributed by atoms with Gasteiger partial charge in [-0.1, -0.05) is 0 Å². The standard InChI is InChI=1S/C15H14N4O2/c16-14(20)10-3-5-11(6-4-10)19-15(21)13-7-12(9-1-2-9)17-8-18-13/h3-9H,1-2H2,(H2,16,20)(H,19,21). The Morgan fingerprint density at radius 1 is 1.14 bits per heavy atom. The van der Waals surface area contributed by atoms with Crippen LogP contribution in [0.5, 0.6) is 0 Å². The smallest absolute Gasteiger partial charge is 0.274 e. The van der Waals surface area contributed by atoms with E-state index in [1.165, 1.54) is 6.33 Å². The molecule has 0 radical (unpaired) electrons. The first-order valence-corrected chi connectivity index (χ1v) is 6.66. The number of nitrogens with two attached hydrogens (primary N) is 1. The normalized spacial score (nSPS) is 13.7. The average Bonchev–Trinajstić information content (AvgIpc) is 3.32. The quantitative estimate of drug-likeness (QED) is 0.891. The van der Waals surface area contributed by atoms with E-state index in [1.807, 2.05) is 0 Å². The third kappa shape index (κ3) is 3.05. The highest BCUT2D eigenvalue weighted by Gasteiger charge is 2.25. The van der Waals surface area contributed by atoms with Gasteiger partial charge in [-0.2, -0.15) is 0 Å². The van der Waals surface area contributed by atoms with E-state index in [2.05, 4.69) is 15.3 Å². The number of rotatable bonds is 4. The van der Waals surface area contributed by atoms with E-state index in [9.17, 15) is 9.59 Å². The van der Waals surface area contributed by atoms with Gasteiger partial charge in [-0.25, -0.2) is 9.97 Å². The largest absolute Gasteiger partial charge is 0.366 e. The third-order valence-electron chi connectivity index (χ3n) is 3.34. The van der Waals surface area contributed by atoms with Gasteiger partial charge in [0.25, 0.3) is 5.91 Å².